The number of hydrogen-bond donors (Lipinski definition) is 0. The first-order chi connectivity index (χ1) is 12.5. The Morgan fingerprint density at radius 3 is 1.46 bits per heavy atom. The van der Waals surface area contributed by atoms with Gasteiger partial charge in [-0.1, -0.05) is 47.1 Å². The predicted octanol–water partition coefficient (Wildman–Crippen LogP) is 4.37. The zero-order chi connectivity index (χ0) is 18.5. The van der Waals surface area contributed by atoms with E-state index >= 15 is 0 Å². The van der Waals surface area contributed by atoms with Crippen LogP contribution in [0.3, 0.4) is 0 Å². The zero-order valence-corrected chi connectivity index (χ0v) is 20.3. The molecule has 2 aromatic heterocycles. The van der Waals surface area contributed by atoms with Gasteiger partial charge in [0, 0.05) is 26.2 Å². The number of aryl methyl sites for hydroxylation is 2. The molecule has 0 N–H and O–H groups in total. The Morgan fingerprint density at radius 2 is 1.15 bits per heavy atom. The monoisotopic (exact) mass is 498 g/mol. The van der Waals surface area contributed by atoms with Crippen molar-refractivity contribution in [1.29, 1.82) is 0 Å². The fourth-order valence-corrected chi connectivity index (χ4v) is 8.67. The Balaban J connectivity index is 1.38. The third-order valence-corrected chi connectivity index (χ3v) is 11.5. The van der Waals surface area contributed by atoms with E-state index in [1.807, 2.05) is 13.8 Å². The maximum atomic E-state index is 5.55. The largest absolute Gasteiger partial charge is 0.353 e. The second kappa shape index (κ2) is 10.2. The quantitative estimate of drug-likeness (QED) is 0.444. The number of piperazine rings is 1. The molecule has 6 nitrogen and oxygen atoms in total. The van der Waals surface area contributed by atoms with Gasteiger partial charge in [0.2, 0.25) is 0 Å². The molecule has 0 aromatic carbocycles. The van der Waals surface area contributed by atoms with Gasteiger partial charge in [0.15, 0.2) is 8.68 Å². The van der Waals surface area contributed by atoms with Crippen molar-refractivity contribution in [2.24, 2.45) is 0 Å². The van der Waals surface area contributed by atoms with Crippen LogP contribution in [0.25, 0.3) is 0 Å². The molecule has 3 heterocycles. The molecule has 14 heteroatoms. The lowest BCUT2D eigenvalue weighted by molar-refractivity contribution is 0.271. The molecule has 1 saturated heterocycles. The Hall–Kier alpha value is 0.300. The van der Waals surface area contributed by atoms with Gasteiger partial charge in [-0.3, -0.25) is 0 Å². The van der Waals surface area contributed by atoms with Crippen LogP contribution < -0.4 is 0 Å². The van der Waals surface area contributed by atoms with Crippen molar-refractivity contribution in [2.75, 3.05) is 26.2 Å². The summed E-state index contributed by atoms with van der Waals surface area (Å²) >= 11 is 14.3. The number of rotatable bonds is 4. The summed E-state index contributed by atoms with van der Waals surface area (Å²) in [5.74, 6) is 0. The van der Waals surface area contributed by atoms with Crippen LogP contribution in [0, 0.1) is 13.8 Å². The maximum absolute atomic E-state index is 5.55. The fourth-order valence-electron chi connectivity index (χ4n) is 1.94. The Morgan fingerprint density at radius 1 is 0.769 bits per heavy atom. The van der Waals surface area contributed by atoms with Crippen LogP contribution in [-0.2, 0) is 0 Å². The first kappa shape index (κ1) is 21.0. The van der Waals surface area contributed by atoms with E-state index in [9.17, 15) is 0 Å². The van der Waals surface area contributed by atoms with Gasteiger partial charge in [-0.05, 0) is 57.0 Å². The molecule has 0 spiro atoms. The third-order valence-electron chi connectivity index (χ3n) is 3.18. The van der Waals surface area contributed by atoms with Crippen LogP contribution in [0.2, 0.25) is 0 Å². The standard InChI is InChI=1S/C12H14N6S8/c1-7-13-15-9(21-7)23-25-11(19)17-3-5-18(6-4-17)12(20)26-24-10-16-14-8(2)22-10/h3-6H2,1-2H3. The molecule has 0 atom stereocenters. The summed E-state index contributed by atoms with van der Waals surface area (Å²) in [6.07, 6.45) is 0. The topological polar surface area (TPSA) is 58.0 Å². The van der Waals surface area contributed by atoms with Gasteiger partial charge >= 0.3 is 0 Å². The van der Waals surface area contributed by atoms with Crippen molar-refractivity contribution >= 4 is 98.9 Å². The summed E-state index contributed by atoms with van der Waals surface area (Å²) in [6.45, 7) is 7.43. The Bertz CT molecular complexity index is 703. The molecule has 3 rings (SSSR count). The van der Waals surface area contributed by atoms with Crippen LogP contribution >= 0.6 is 90.3 Å². The molecular formula is C12H14N6S8. The Kier molecular flexibility index (Phi) is 8.23. The minimum absolute atomic E-state index is 0.880. The molecule has 0 radical (unpaired) electrons. The maximum Gasteiger partial charge on any atom is 0.185 e. The van der Waals surface area contributed by atoms with Crippen molar-refractivity contribution in [3.05, 3.63) is 10.0 Å². The van der Waals surface area contributed by atoms with Gasteiger partial charge in [-0.15, -0.1) is 20.4 Å². The molecular weight excluding hydrogens is 485 g/mol. The molecule has 0 amide bonds. The number of hydrogen-bond acceptors (Lipinski definition) is 12. The zero-order valence-electron chi connectivity index (χ0n) is 13.8. The molecule has 0 unspecified atom stereocenters. The highest BCUT2D eigenvalue weighted by molar-refractivity contribution is 8.84. The Labute approximate surface area is 186 Å². The van der Waals surface area contributed by atoms with E-state index in [2.05, 4.69) is 30.2 Å². The van der Waals surface area contributed by atoms with Crippen molar-refractivity contribution in [1.82, 2.24) is 30.2 Å². The molecule has 1 aliphatic rings. The highest BCUT2D eigenvalue weighted by atomic mass is 33.1. The van der Waals surface area contributed by atoms with Crippen molar-refractivity contribution in [2.45, 2.75) is 22.5 Å². The van der Waals surface area contributed by atoms with Crippen molar-refractivity contribution in [3.63, 3.8) is 0 Å². The normalized spacial score (nSPS) is 14.7. The predicted molar refractivity (Wildman–Crippen MR) is 125 cm³/mol. The van der Waals surface area contributed by atoms with Crippen LogP contribution in [0.4, 0.5) is 0 Å². The van der Waals surface area contributed by atoms with Gasteiger partial charge < -0.3 is 9.80 Å². The van der Waals surface area contributed by atoms with Gasteiger partial charge in [-0.25, -0.2) is 0 Å². The molecule has 0 aliphatic carbocycles. The van der Waals surface area contributed by atoms with Crippen LogP contribution in [-0.4, -0.2) is 65.0 Å². The minimum Gasteiger partial charge on any atom is -0.353 e. The number of thiocarbonyl (C=S) groups is 2. The summed E-state index contributed by atoms with van der Waals surface area (Å²) in [5, 5.41) is 18.2. The first-order valence-corrected chi connectivity index (χ1v) is 14.1. The molecule has 26 heavy (non-hydrogen) atoms. The van der Waals surface area contributed by atoms with Crippen LogP contribution in [0.5, 0.6) is 0 Å². The van der Waals surface area contributed by atoms with Crippen LogP contribution in [0.1, 0.15) is 10.0 Å². The average Bonchev–Trinajstić information content (AvgIpc) is 3.25. The van der Waals surface area contributed by atoms with Crippen LogP contribution in [0.15, 0.2) is 8.68 Å². The lowest BCUT2D eigenvalue weighted by Gasteiger charge is -2.36. The van der Waals surface area contributed by atoms with Gasteiger partial charge in [0.25, 0.3) is 0 Å². The molecule has 0 bridgehead atoms. The smallest absolute Gasteiger partial charge is 0.185 e. The second-order valence-electron chi connectivity index (χ2n) is 5.01. The summed E-state index contributed by atoms with van der Waals surface area (Å²) in [5.41, 5.74) is 0. The second-order valence-corrected chi connectivity index (χ2v) is 13.4. The number of nitrogens with zero attached hydrogens (tertiary/aromatic N) is 6. The number of aromatic nitrogens is 4. The fraction of sp³-hybridized carbons (Fsp3) is 0.500. The lowest BCUT2D eigenvalue weighted by Crippen LogP contribution is -2.48. The summed E-state index contributed by atoms with van der Waals surface area (Å²) in [6, 6.07) is 0. The van der Waals surface area contributed by atoms with E-state index < -0.39 is 0 Å². The van der Waals surface area contributed by atoms with Crippen molar-refractivity contribution < 1.29 is 0 Å². The lowest BCUT2D eigenvalue weighted by atomic mass is 10.4. The summed E-state index contributed by atoms with van der Waals surface area (Å²) in [4.78, 5) is 4.46. The van der Waals surface area contributed by atoms with E-state index in [1.165, 1.54) is 0 Å². The summed E-state index contributed by atoms with van der Waals surface area (Å²) < 4.78 is 3.66. The minimum atomic E-state index is 0.880. The summed E-state index contributed by atoms with van der Waals surface area (Å²) in [7, 11) is 6.31. The van der Waals surface area contributed by atoms with E-state index in [0.717, 1.165) is 53.5 Å². The first-order valence-electron chi connectivity index (χ1n) is 7.38. The van der Waals surface area contributed by atoms with Crippen molar-refractivity contribution in [3.8, 4) is 0 Å². The van der Waals surface area contributed by atoms with E-state index in [0.29, 0.717) is 0 Å². The van der Waals surface area contributed by atoms with Gasteiger partial charge in [-0.2, -0.15) is 0 Å². The van der Waals surface area contributed by atoms with Gasteiger partial charge in [0.05, 0.1) is 0 Å². The van der Waals surface area contributed by atoms with E-state index in [4.69, 9.17) is 24.4 Å². The third kappa shape index (κ3) is 6.15. The highest BCUT2D eigenvalue weighted by Gasteiger charge is 2.22. The molecule has 140 valence electrons. The molecule has 1 aliphatic heterocycles. The van der Waals surface area contributed by atoms with E-state index in [-0.39, 0.29) is 0 Å². The SMILES string of the molecule is Cc1nnc(SSC(=S)N2CCN(C(=S)SSc3nnc(C)s3)CC2)s1. The molecule has 1 fully saturated rings. The highest BCUT2D eigenvalue weighted by Crippen LogP contribution is 2.36. The van der Waals surface area contributed by atoms with E-state index in [1.54, 1.807) is 65.8 Å². The molecule has 0 saturated carbocycles. The average molecular weight is 499 g/mol. The van der Waals surface area contributed by atoms with Gasteiger partial charge in [0.1, 0.15) is 18.7 Å². The molecule has 2 aromatic rings.